The number of nitrogens with zero attached hydrogens (tertiary/aromatic N) is 4. The standard InChI is InChI=1S/C24H34FN3O5.C20H25FN2O6.2C19H26FN3O3.ClH/c1-16(2)12-26-21(29)14-28-9-8-18-10-19(6-7-20(18)22(28)30)32-15-17(11-25)13-27-23(31)33-24(3,4)5;1-20(2,3)29-19(27)22-10-13(9-21)12-28-15-4-5-16-14(8-15)6-7-23(18(16)26)11-17(24)25;2*1-13(2)10-22-18(24)11-23-6-5-15-7-16(3-4-17(15)19(23)25)26-12-14(8-20)9-21;/h6-7,10-11,16H,8-9,12-15H2,1-5H3,(H,26,29)(H,27,31);4-5,8-9H,6-7,10-12H2,1-3H3,(H,22,27)(H,24,25);2*3-4,7-8,13H,5-6,9-12,21H2,1-2H3,(H,22,24);1H/b17-11-;13-9-;2*14-8-;. The van der Waals surface area contributed by atoms with Crippen molar-refractivity contribution < 1.29 is 99.0 Å². The number of ether oxygens (including phenoxy) is 6. The van der Waals surface area contributed by atoms with Crippen LogP contribution in [0.1, 0.15) is 147 Å². The second-order valence-electron chi connectivity index (χ2n) is 30.5. The zero-order chi connectivity index (χ0) is 84.4. The minimum Gasteiger partial charge on any atom is -0.489 e. The molecule has 9 amide bonds. The molecule has 4 aromatic rings. The Morgan fingerprint density at radius 1 is 0.417 bits per heavy atom. The van der Waals surface area contributed by atoms with Gasteiger partial charge >= 0.3 is 18.2 Å². The van der Waals surface area contributed by atoms with Crippen LogP contribution in [0.5, 0.6) is 23.0 Å². The summed E-state index contributed by atoms with van der Waals surface area (Å²) in [6.45, 7) is 25.8. The number of hydrogen-bond acceptors (Lipinski definition) is 18. The first-order valence-corrected chi connectivity index (χ1v) is 37.6. The number of carbonyl (C=O) groups is 10. The molecule has 28 nitrogen and oxygen atoms in total. The molecule has 115 heavy (non-hydrogen) atoms. The molecule has 0 saturated carbocycles. The van der Waals surface area contributed by atoms with E-state index in [-0.39, 0.29) is 144 Å². The molecule has 0 spiro atoms. The maximum atomic E-state index is 13.2. The Balaban J connectivity index is 0.000000323. The SMILES string of the molecule is CC(C)(C)OC(=O)NC/C(=C/F)COc1ccc2c(c1)CCN(CC(=O)O)C2=O.CC(C)CNC(=O)CN1CCc2cc(OC/C(=C\F)CN)ccc2C1=O.CC(C)CNC(=O)CN1CCc2cc(OC/C(=C\F)CN)ccc2C1=O.CC(C)CNC(=O)CN1CCc2cc(OC/C(=C\F)CNC(=O)OC(C)(C)C)ccc2C1=O.Cl. The van der Waals surface area contributed by atoms with Crippen molar-refractivity contribution in [3.63, 3.8) is 0 Å². The van der Waals surface area contributed by atoms with Gasteiger partial charge in [0, 0.05) is 117 Å². The van der Waals surface area contributed by atoms with Crippen molar-refractivity contribution in [1.82, 2.24) is 46.2 Å². The molecule has 632 valence electrons. The lowest BCUT2D eigenvalue weighted by molar-refractivity contribution is -0.137. The molecule has 4 aliphatic heterocycles. The first-order valence-electron chi connectivity index (χ1n) is 37.6. The summed E-state index contributed by atoms with van der Waals surface area (Å²) in [5.41, 5.74) is 16.0. The lowest BCUT2D eigenvalue weighted by Crippen LogP contribution is -2.44. The number of halogens is 5. The molecule has 4 aliphatic rings. The summed E-state index contributed by atoms with van der Waals surface area (Å²) in [5, 5.41) is 22.3. The van der Waals surface area contributed by atoms with Crippen molar-refractivity contribution in [2.24, 2.45) is 29.2 Å². The Labute approximate surface area is 675 Å². The van der Waals surface area contributed by atoms with E-state index in [0.29, 0.717) is 171 Å². The molecule has 4 heterocycles. The van der Waals surface area contributed by atoms with Gasteiger partial charge in [-0.3, -0.25) is 38.4 Å². The fourth-order valence-electron chi connectivity index (χ4n) is 11.0. The van der Waals surface area contributed by atoms with E-state index >= 15 is 0 Å². The predicted octanol–water partition coefficient (Wildman–Crippen LogP) is 9.46. The van der Waals surface area contributed by atoms with Crippen LogP contribution in [-0.2, 0) is 54.3 Å². The Hall–Kier alpha value is -10.7. The predicted molar refractivity (Wildman–Crippen MR) is 428 cm³/mol. The van der Waals surface area contributed by atoms with E-state index in [1.165, 1.54) is 9.80 Å². The molecule has 0 radical (unpaired) electrons. The number of nitrogens with two attached hydrogens (primary N) is 2. The van der Waals surface area contributed by atoms with Crippen LogP contribution in [0.2, 0.25) is 0 Å². The largest absolute Gasteiger partial charge is 0.489 e. The Kier molecular flexibility index (Phi) is 40.2. The van der Waals surface area contributed by atoms with Crippen LogP contribution < -0.4 is 57.0 Å². The number of amides is 9. The van der Waals surface area contributed by atoms with Gasteiger partial charge in [0.2, 0.25) is 17.7 Å². The summed E-state index contributed by atoms with van der Waals surface area (Å²) in [6.07, 6.45) is 2.71. The number of carboxylic acid groups (broad SMARTS) is 1. The van der Waals surface area contributed by atoms with Crippen molar-refractivity contribution in [2.45, 2.75) is 120 Å². The summed E-state index contributed by atoms with van der Waals surface area (Å²) in [5.74, 6) is 0.715. The highest BCUT2D eigenvalue weighted by molar-refractivity contribution is 6.01. The maximum Gasteiger partial charge on any atom is 0.407 e. The number of alkyl carbamates (subject to hydrolysis) is 2. The normalized spacial score (nSPS) is 14.2. The number of carboxylic acids is 1. The molecule has 0 fully saturated rings. The first kappa shape index (κ1) is 96.6. The summed E-state index contributed by atoms with van der Waals surface area (Å²) in [7, 11) is 0. The third-order valence-corrected chi connectivity index (χ3v) is 17.0. The molecule has 0 saturated heterocycles. The number of carbonyl (C=O) groups excluding carboxylic acids is 9. The number of hydrogen-bond donors (Lipinski definition) is 8. The quantitative estimate of drug-likeness (QED) is 0.0211. The minimum atomic E-state index is -1.06. The Morgan fingerprint density at radius 3 is 0.878 bits per heavy atom. The van der Waals surface area contributed by atoms with Gasteiger partial charge in [0.25, 0.3) is 23.6 Å². The highest BCUT2D eigenvalue weighted by atomic mass is 35.5. The molecule has 10 N–H and O–H groups in total. The van der Waals surface area contributed by atoms with Gasteiger partial charge in [0.05, 0.1) is 45.0 Å². The van der Waals surface area contributed by atoms with E-state index < -0.39 is 29.4 Å². The second kappa shape index (κ2) is 47.8. The molecular formula is C82H112ClF4N11O17. The Bertz CT molecular complexity index is 4010. The van der Waals surface area contributed by atoms with Crippen LogP contribution in [0.3, 0.4) is 0 Å². The lowest BCUT2D eigenvalue weighted by Gasteiger charge is -2.28. The summed E-state index contributed by atoms with van der Waals surface area (Å²) >= 11 is 0. The molecule has 0 aromatic heterocycles. The fraction of sp³-hybridized carbons (Fsp3) is 0.488. The number of fused-ring (bicyclic) bond motifs is 4. The summed E-state index contributed by atoms with van der Waals surface area (Å²) in [4.78, 5) is 126. The highest BCUT2D eigenvalue weighted by Crippen LogP contribution is 2.29. The van der Waals surface area contributed by atoms with Crippen molar-refractivity contribution in [1.29, 1.82) is 0 Å². The summed E-state index contributed by atoms with van der Waals surface area (Å²) < 4.78 is 83.8. The third-order valence-electron chi connectivity index (χ3n) is 17.0. The van der Waals surface area contributed by atoms with Crippen LogP contribution in [0, 0.1) is 17.8 Å². The number of aliphatic carboxylic acids is 1. The Morgan fingerprint density at radius 2 is 0.661 bits per heavy atom. The van der Waals surface area contributed by atoms with Gasteiger partial charge in [-0.05, 0) is 180 Å². The average Bonchev–Trinajstić information content (AvgIpc) is 0.821. The van der Waals surface area contributed by atoms with Gasteiger partial charge in [-0.2, -0.15) is 0 Å². The van der Waals surface area contributed by atoms with Gasteiger partial charge < -0.3 is 91.2 Å². The van der Waals surface area contributed by atoms with E-state index in [2.05, 4.69) is 26.6 Å². The monoisotopic (exact) mass is 1630 g/mol. The van der Waals surface area contributed by atoms with Gasteiger partial charge in [-0.15, -0.1) is 12.4 Å². The van der Waals surface area contributed by atoms with Crippen LogP contribution in [0.15, 0.2) is 120 Å². The molecule has 0 atom stereocenters. The topological polar surface area (TPSA) is 371 Å². The number of benzene rings is 4. The summed E-state index contributed by atoms with van der Waals surface area (Å²) in [6, 6.07) is 20.2. The van der Waals surface area contributed by atoms with Gasteiger partial charge in [0.15, 0.2) is 0 Å². The van der Waals surface area contributed by atoms with E-state index in [4.69, 9.17) is 45.0 Å². The molecule has 0 bridgehead atoms. The highest BCUT2D eigenvalue weighted by Gasteiger charge is 2.31. The fourth-order valence-corrected chi connectivity index (χ4v) is 11.0. The molecule has 8 rings (SSSR count). The van der Waals surface area contributed by atoms with E-state index in [0.717, 1.165) is 22.3 Å². The lowest BCUT2D eigenvalue weighted by atomic mass is 9.98. The van der Waals surface area contributed by atoms with Gasteiger partial charge in [-0.1, -0.05) is 41.5 Å². The van der Waals surface area contributed by atoms with Gasteiger partial charge in [-0.25, -0.2) is 27.2 Å². The van der Waals surface area contributed by atoms with Crippen molar-refractivity contribution in [2.75, 3.05) is 125 Å². The van der Waals surface area contributed by atoms with Crippen LogP contribution in [0.4, 0.5) is 27.2 Å². The minimum absolute atomic E-state index is 0. The zero-order valence-electron chi connectivity index (χ0n) is 67.6. The van der Waals surface area contributed by atoms with Crippen molar-refractivity contribution in [3.05, 3.63) is 165 Å². The number of rotatable bonds is 32. The smallest absolute Gasteiger partial charge is 0.407 e. The van der Waals surface area contributed by atoms with E-state index in [1.54, 1.807) is 124 Å². The first-order chi connectivity index (χ1) is 53.9. The molecule has 0 aliphatic carbocycles. The van der Waals surface area contributed by atoms with Gasteiger partial charge in [0.1, 0.15) is 67.2 Å². The third kappa shape index (κ3) is 34.1. The molecule has 33 heteroatoms. The maximum absolute atomic E-state index is 13.2. The van der Waals surface area contributed by atoms with Crippen LogP contribution in [-0.4, -0.2) is 220 Å². The molecular weight excluding hydrogens is 1520 g/mol. The van der Waals surface area contributed by atoms with E-state index in [1.807, 2.05) is 41.5 Å². The van der Waals surface area contributed by atoms with Crippen molar-refractivity contribution >= 4 is 71.9 Å². The van der Waals surface area contributed by atoms with Crippen LogP contribution in [0.25, 0.3) is 0 Å². The zero-order valence-corrected chi connectivity index (χ0v) is 68.4. The van der Waals surface area contributed by atoms with Crippen molar-refractivity contribution in [3.8, 4) is 23.0 Å². The number of nitrogens with one attached hydrogen (secondary N) is 5. The second-order valence-corrected chi connectivity index (χ2v) is 30.5. The molecule has 4 aromatic carbocycles. The van der Waals surface area contributed by atoms with E-state index in [9.17, 15) is 65.5 Å². The average molecular weight is 1640 g/mol. The molecule has 0 unspecified atom stereocenters. The van der Waals surface area contributed by atoms with Crippen LogP contribution >= 0.6 is 12.4 Å².